The number of carbonyl (C=O) groups excluding carboxylic acids is 2. The number of likely N-dealkylation sites (tertiary alicyclic amines) is 1. The number of hydrogen-bond acceptors (Lipinski definition) is 4. The number of ketones is 1. The number of rotatable bonds is 5. The van der Waals surface area contributed by atoms with Crippen molar-refractivity contribution in [1.82, 2.24) is 4.90 Å². The highest BCUT2D eigenvalue weighted by molar-refractivity contribution is 6.47. The standard InChI is InChI=1S/C21H19Cl2NO4/c1-12-5-3-4-6-14(12)18-17(20(26)21(27)24(18)9-10-28-2)19(25)13-7-8-15(22)16(23)11-13/h3-8,11,18,25H,9-10H2,1-2H3/b19-17+. The van der Waals surface area contributed by atoms with Crippen molar-refractivity contribution in [2.24, 2.45) is 0 Å². The zero-order valence-corrected chi connectivity index (χ0v) is 16.9. The second-order valence-electron chi connectivity index (χ2n) is 6.47. The van der Waals surface area contributed by atoms with E-state index >= 15 is 0 Å². The third kappa shape index (κ3) is 3.65. The molecule has 0 radical (unpaired) electrons. The summed E-state index contributed by atoms with van der Waals surface area (Å²) in [4.78, 5) is 27.0. The number of hydrogen-bond donors (Lipinski definition) is 1. The second kappa shape index (κ2) is 8.35. The van der Waals surface area contributed by atoms with E-state index in [1.165, 1.54) is 24.1 Å². The molecule has 1 amide bonds. The minimum Gasteiger partial charge on any atom is -0.507 e. The Hall–Kier alpha value is -2.34. The van der Waals surface area contributed by atoms with Crippen LogP contribution in [0.25, 0.3) is 5.76 Å². The van der Waals surface area contributed by atoms with E-state index in [1.807, 2.05) is 31.2 Å². The molecule has 146 valence electrons. The summed E-state index contributed by atoms with van der Waals surface area (Å²) < 4.78 is 5.10. The van der Waals surface area contributed by atoms with Crippen LogP contribution in [0, 0.1) is 6.92 Å². The first-order valence-corrected chi connectivity index (χ1v) is 9.40. The van der Waals surface area contributed by atoms with Crippen LogP contribution in [0.4, 0.5) is 0 Å². The lowest BCUT2D eigenvalue weighted by Gasteiger charge is -2.26. The van der Waals surface area contributed by atoms with Crippen LogP contribution in [0.15, 0.2) is 48.0 Å². The first-order chi connectivity index (χ1) is 13.4. The summed E-state index contributed by atoms with van der Waals surface area (Å²) >= 11 is 12.0. The molecule has 0 spiro atoms. The highest BCUT2D eigenvalue weighted by atomic mass is 35.5. The van der Waals surface area contributed by atoms with Gasteiger partial charge in [-0.1, -0.05) is 47.5 Å². The summed E-state index contributed by atoms with van der Waals surface area (Å²) in [5, 5.41) is 11.5. The van der Waals surface area contributed by atoms with Crippen LogP contribution in [0.5, 0.6) is 0 Å². The van der Waals surface area contributed by atoms with Crippen molar-refractivity contribution in [3.63, 3.8) is 0 Å². The third-order valence-electron chi connectivity index (χ3n) is 4.75. The molecule has 1 aliphatic rings. The summed E-state index contributed by atoms with van der Waals surface area (Å²) in [6.07, 6.45) is 0. The van der Waals surface area contributed by atoms with Crippen LogP contribution < -0.4 is 0 Å². The molecule has 7 heteroatoms. The van der Waals surface area contributed by atoms with Gasteiger partial charge in [0.25, 0.3) is 11.7 Å². The third-order valence-corrected chi connectivity index (χ3v) is 5.49. The van der Waals surface area contributed by atoms with Crippen molar-refractivity contribution < 1.29 is 19.4 Å². The van der Waals surface area contributed by atoms with Crippen LogP contribution >= 0.6 is 23.2 Å². The molecule has 1 saturated heterocycles. The molecular weight excluding hydrogens is 401 g/mol. The number of aliphatic hydroxyl groups is 1. The zero-order valence-electron chi connectivity index (χ0n) is 15.4. The van der Waals surface area contributed by atoms with Gasteiger partial charge in [0.1, 0.15) is 5.76 Å². The number of nitrogens with zero attached hydrogens (tertiary/aromatic N) is 1. The van der Waals surface area contributed by atoms with E-state index in [4.69, 9.17) is 27.9 Å². The van der Waals surface area contributed by atoms with Crippen LogP contribution in [-0.2, 0) is 14.3 Å². The maximum Gasteiger partial charge on any atom is 0.295 e. The molecule has 1 fully saturated rings. The molecule has 1 atom stereocenters. The Bertz CT molecular complexity index is 971. The van der Waals surface area contributed by atoms with E-state index in [-0.39, 0.29) is 29.5 Å². The maximum atomic E-state index is 12.8. The highest BCUT2D eigenvalue weighted by Gasteiger charge is 2.46. The quantitative estimate of drug-likeness (QED) is 0.443. The predicted molar refractivity (Wildman–Crippen MR) is 109 cm³/mol. The topological polar surface area (TPSA) is 66.8 Å². The number of amides is 1. The summed E-state index contributed by atoms with van der Waals surface area (Å²) in [6.45, 7) is 2.38. The minimum atomic E-state index is -0.743. The number of carbonyl (C=O) groups is 2. The Labute approximate surface area is 173 Å². The Morgan fingerprint density at radius 2 is 1.86 bits per heavy atom. The van der Waals surface area contributed by atoms with Crippen molar-refractivity contribution in [3.05, 3.63) is 74.8 Å². The van der Waals surface area contributed by atoms with Crippen molar-refractivity contribution in [1.29, 1.82) is 0 Å². The molecule has 2 aromatic carbocycles. The predicted octanol–water partition coefficient (Wildman–Crippen LogP) is 4.37. The summed E-state index contributed by atoms with van der Waals surface area (Å²) in [6, 6.07) is 11.3. The van der Waals surface area contributed by atoms with Gasteiger partial charge in [-0.05, 0) is 36.2 Å². The second-order valence-corrected chi connectivity index (χ2v) is 7.29. The molecule has 0 bridgehead atoms. The van der Waals surface area contributed by atoms with Crippen molar-refractivity contribution in [2.75, 3.05) is 20.3 Å². The first-order valence-electron chi connectivity index (χ1n) is 8.65. The molecule has 1 heterocycles. The smallest absolute Gasteiger partial charge is 0.295 e. The highest BCUT2D eigenvalue weighted by Crippen LogP contribution is 2.40. The largest absolute Gasteiger partial charge is 0.507 e. The average Bonchev–Trinajstić information content (AvgIpc) is 2.92. The average molecular weight is 420 g/mol. The van der Waals surface area contributed by atoms with Crippen molar-refractivity contribution in [2.45, 2.75) is 13.0 Å². The molecule has 28 heavy (non-hydrogen) atoms. The van der Waals surface area contributed by atoms with Gasteiger partial charge in [0.15, 0.2) is 0 Å². The molecule has 3 rings (SSSR count). The number of methoxy groups -OCH3 is 1. The van der Waals surface area contributed by atoms with Crippen LogP contribution in [-0.4, -0.2) is 42.0 Å². The number of aryl methyl sites for hydroxylation is 1. The minimum absolute atomic E-state index is 0.0220. The van der Waals surface area contributed by atoms with Gasteiger partial charge in [-0.15, -0.1) is 0 Å². The number of halogens is 2. The molecule has 1 N–H and O–H groups in total. The lowest BCUT2D eigenvalue weighted by atomic mass is 9.92. The van der Waals surface area contributed by atoms with Gasteiger partial charge in [0, 0.05) is 19.2 Å². The number of benzene rings is 2. The van der Waals surface area contributed by atoms with Gasteiger partial charge >= 0.3 is 0 Å². The molecule has 0 aliphatic carbocycles. The van der Waals surface area contributed by atoms with Gasteiger partial charge in [0.2, 0.25) is 0 Å². The van der Waals surface area contributed by atoms with E-state index in [0.717, 1.165) is 11.1 Å². The normalized spacial score (nSPS) is 18.7. The van der Waals surface area contributed by atoms with Crippen LogP contribution in [0.3, 0.4) is 0 Å². The number of ether oxygens (including phenoxy) is 1. The van der Waals surface area contributed by atoms with Gasteiger partial charge < -0.3 is 14.7 Å². The Morgan fingerprint density at radius 3 is 2.50 bits per heavy atom. The van der Waals surface area contributed by atoms with Gasteiger partial charge in [0.05, 0.1) is 28.3 Å². The first kappa shape index (κ1) is 20.4. The molecule has 1 unspecified atom stereocenters. The summed E-state index contributed by atoms with van der Waals surface area (Å²) in [7, 11) is 1.52. The molecule has 0 aromatic heterocycles. The zero-order chi connectivity index (χ0) is 20.4. The monoisotopic (exact) mass is 419 g/mol. The Balaban J connectivity index is 2.20. The number of Topliss-reactive ketones (excluding diaryl/α,β-unsaturated/α-hetero) is 1. The summed E-state index contributed by atoms with van der Waals surface area (Å²) in [5.41, 5.74) is 2.00. The summed E-state index contributed by atoms with van der Waals surface area (Å²) in [5.74, 6) is -1.70. The maximum absolute atomic E-state index is 12.8. The fraction of sp³-hybridized carbons (Fsp3) is 0.238. The van der Waals surface area contributed by atoms with E-state index in [1.54, 1.807) is 6.07 Å². The Morgan fingerprint density at radius 1 is 1.14 bits per heavy atom. The van der Waals surface area contributed by atoms with Crippen molar-refractivity contribution in [3.8, 4) is 0 Å². The van der Waals surface area contributed by atoms with Gasteiger partial charge in [-0.25, -0.2) is 0 Å². The molecule has 1 aliphatic heterocycles. The molecule has 0 saturated carbocycles. The number of aliphatic hydroxyl groups excluding tert-OH is 1. The van der Waals surface area contributed by atoms with E-state index in [2.05, 4.69) is 0 Å². The van der Waals surface area contributed by atoms with Gasteiger partial charge in [-0.2, -0.15) is 0 Å². The SMILES string of the molecule is COCCN1C(=O)C(=O)/C(=C(/O)c2ccc(Cl)c(Cl)c2)C1c1ccccc1C. The van der Waals surface area contributed by atoms with Gasteiger partial charge in [-0.3, -0.25) is 9.59 Å². The lowest BCUT2D eigenvalue weighted by molar-refractivity contribution is -0.140. The van der Waals surface area contributed by atoms with Crippen molar-refractivity contribution >= 4 is 40.7 Å². The van der Waals surface area contributed by atoms with Crippen LogP contribution in [0.1, 0.15) is 22.7 Å². The molecular formula is C21H19Cl2NO4. The van der Waals surface area contributed by atoms with Crippen LogP contribution in [0.2, 0.25) is 10.0 Å². The molecule has 2 aromatic rings. The van der Waals surface area contributed by atoms with E-state index in [0.29, 0.717) is 10.6 Å². The fourth-order valence-corrected chi connectivity index (χ4v) is 3.61. The molecule has 5 nitrogen and oxygen atoms in total. The Kier molecular flexibility index (Phi) is 6.08. The lowest BCUT2D eigenvalue weighted by Crippen LogP contribution is -2.32. The van der Waals surface area contributed by atoms with E-state index in [9.17, 15) is 14.7 Å². The van der Waals surface area contributed by atoms with E-state index < -0.39 is 17.7 Å². The fourth-order valence-electron chi connectivity index (χ4n) is 3.32.